The van der Waals surface area contributed by atoms with E-state index in [0.29, 0.717) is 12.0 Å². The molecule has 0 fully saturated rings. The Hall–Kier alpha value is -0.0400. The molecular formula is C12H27N. The van der Waals surface area contributed by atoms with Crippen molar-refractivity contribution in [1.29, 1.82) is 0 Å². The fourth-order valence-electron chi connectivity index (χ4n) is 1.59. The van der Waals surface area contributed by atoms with Gasteiger partial charge in [0, 0.05) is 6.04 Å². The normalized spacial score (nSPS) is 21.2. The zero-order chi connectivity index (χ0) is 10.6. The molecule has 0 aliphatic heterocycles. The summed E-state index contributed by atoms with van der Waals surface area (Å²) in [5, 5.41) is 0. The van der Waals surface area contributed by atoms with Gasteiger partial charge in [-0.1, -0.05) is 34.6 Å². The van der Waals surface area contributed by atoms with Crippen molar-refractivity contribution >= 4 is 0 Å². The first-order chi connectivity index (χ1) is 5.86. The SMILES string of the molecule is CC(C)C(C)CC(C)C(C)C(C)N. The smallest absolute Gasteiger partial charge is 0.00386 e. The number of nitrogens with two attached hydrogens (primary N) is 1. The van der Waals surface area contributed by atoms with Crippen molar-refractivity contribution in [3.63, 3.8) is 0 Å². The van der Waals surface area contributed by atoms with E-state index in [4.69, 9.17) is 5.73 Å². The van der Waals surface area contributed by atoms with E-state index in [1.54, 1.807) is 0 Å². The van der Waals surface area contributed by atoms with Gasteiger partial charge in [0.1, 0.15) is 0 Å². The van der Waals surface area contributed by atoms with E-state index in [-0.39, 0.29) is 0 Å². The lowest BCUT2D eigenvalue weighted by Gasteiger charge is -2.27. The molecule has 4 unspecified atom stereocenters. The molecule has 0 aromatic rings. The maximum absolute atomic E-state index is 5.89. The largest absolute Gasteiger partial charge is 0.328 e. The molecule has 0 spiro atoms. The highest BCUT2D eigenvalue weighted by molar-refractivity contribution is 4.72. The summed E-state index contributed by atoms with van der Waals surface area (Å²) in [5.41, 5.74) is 5.89. The quantitative estimate of drug-likeness (QED) is 0.699. The van der Waals surface area contributed by atoms with Crippen LogP contribution in [0.4, 0.5) is 0 Å². The molecule has 0 saturated heterocycles. The van der Waals surface area contributed by atoms with E-state index in [2.05, 4.69) is 41.5 Å². The van der Waals surface area contributed by atoms with Gasteiger partial charge in [0.2, 0.25) is 0 Å². The lowest BCUT2D eigenvalue weighted by Crippen LogP contribution is -2.30. The maximum atomic E-state index is 5.89. The zero-order valence-electron chi connectivity index (χ0n) is 10.2. The van der Waals surface area contributed by atoms with Gasteiger partial charge in [0.25, 0.3) is 0 Å². The first kappa shape index (κ1) is 13.0. The third-order valence-corrected chi connectivity index (χ3v) is 3.61. The zero-order valence-corrected chi connectivity index (χ0v) is 10.2. The summed E-state index contributed by atoms with van der Waals surface area (Å²) >= 11 is 0. The minimum absolute atomic E-state index is 0.328. The highest BCUT2D eigenvalue weighted by atomic mass is 14.6. The Morgan fingerprint density at radius 3 is 1.62 bits per heavy atom. The van der Waals surface area contributed by atoms with Crippen LogP contribution in [0.3, 0.4) is 0 Å². The summed E-state index contributed by atoms with van der Waals surface area (Å²) in [5.74, 6) is 3.00. The fourth-order valence-corrected chi connectivity index (χ4v) is 1.59. The van der Waals surface area contributed by atoms with Crippen molar-refractivity contribution in [1.82, 2.24) is 0 Å². The molecule has 80 valence electrons. The van der Waals surface area contributed by atoms with Crippen LogP contribution >= 0.6 is 0 Å². The highest BCUT2D eigenvalue weighted by Crippen LogP contribution is 2.25. The molecule has 1 heteroatoms. The van der Waals surface area contributed by atoms with Gasteiger partial charge >= 0.3 is 0 Å². The summed E-state index contributed by atoms with van der Waals surface area (Å²) in [6.45, 7) is 13.6. The molecule has 0 rings (SSSR count). The van der Waals surface area contributed by atoms with E-state index in [0.717, 1.165) is 17.8 Å². The van der Waals surface area contributed by atoms with Gasteiger partial charge in [-0.3, -0.25) is 0 Å². The molecule has 0 amide bonds. The Morgan fingerprint density at radius 2 is 1.31 bits per heavy atom. The summed E-state index contributed by atoms with van der Waals surface area (Å²) in [4.78, 5) is 0. The van der Waals surface area contributed by atoms with Crippen molar-refractivity contribution in [3.05, 3.63) is 0 Å². The lowest BCUT2D eigenvalue weighted by atomic mass is 9.81. The molecule has 1 nitrogen and oxygen atoms in total. The Morgan fingerprint density at radius 1 is 0.846 bits per heavy atom. The van der Waals surface area contributed by atoms with Crippen molar-refractivity contribution in [3.8, 4) is 0 Å². The van der Waals surface area contributed by atoms with Gasteiger partial charge in [0.15, 0.2) is 0 Å². The van der Waals surface area contributed by atoms with E-state index >= 15 is 0 Å². The molecule has 0 aliphatic carbocycles. The molecular weight excluding hydrogens is 158 g/mol. The van der Waals surface area contributed by atoms with Crippen LogP contribution in [0.2, 0.25) is 0 Å². The lowest BCUT2D eigenvalue weighted by molar-refractivity contribution is 0.252. The Labute approximate surface area is 84.1 Å². The molecule has 0 heterocycles. The van der Waals surface area contributed by atoms with Crippen molar-refractivity contribution in [2.75, 3.05) is 0 Å². The van der Waals surface area contributed by atoms with Crippen LogP contribution < -0.4 is 5.73 Å². The van der Waals surface area contributed by atoms with E-state index in [1.165, 1.54) is 6.42 Å². The van der Waals surface area contributed by atoms with Crippen LogP contribution in [0.15, 0.2) is 0 Å². The minimum atomic E-state index is 0.328. The molecule has 2 N–H and O–H groups in total. The number of rotatable bonds is 5. The Kier molecular flexibility index (Phi) is 5.62. The molecule has 0 radical (unpaired) electrons. The molecule has 0 aliphatic rings. The van der Waals surface area contributed by atoms with Gasteiger partial charge in [-0.2, -0.15) is 0 Å². The van der Waals surface area contributed by atoms with Crippen LogP contribution in [0, 0.1) is 23.7 Å². The Balaban J connectivity index is 3.92. The monoisotopic (exact) mass is 185 g/mol. The predicted octanol–water partition coefficient (Wildman–Crippen LogP) is 3.29. The van der Waals surface area contributed by atoms with Crippen LogP contribution in [0.1, 0.15) is 48.0 Å². The highest BCUT2D eigenvalue weighted by Gasteiger charge is 2.19. The van der Waals surface area contributed by atoms with Gasteiger partial charge in [-0.15, -0.1) is 0 Å². The third kappa shape index (κ3) is 4.66. The molecule has 13 heavy (non-hydrogen) atoms. The van der Waals surface area contributed by atoms with Crippen molar-refractivity contribution in [2.45, 2.75) is 54.0 Å². The fraction of sp³-hybridized carbons (Fsp3) is 1.00. The third-order valence-electron chi connectivity index (χ3n) is 3.61. The van der Waals surface area contributed by atoms with Crippen molar-refractivity contribution in [2.24, 2.45) is 29.4 Å². The van der Waals surface area contributed by atoms with Crippen LogP contribution in [0.5, 0.6) is 0 Å². The Bertz CT molecular complexity index is 129. The summed E-state index contributed by atoms with van der Waals surface area (Å²) < 4.78 is 0. The second-order valence-corrected chi connectivity index (χ2v) is 5.15. The van der Waals surface area contributed by atoms with Crippen molar-refractivity contribution < 1.29 is 0 Å². The van der Waals surface area contributed by atoms with Gasteiger partial charge in [0.05, 0.1) is 0 Å². The average molecular weight is 185 g/mol. The first-order valence-electron chi connectivity index (χ1n) is 5.61. The van der Waals surface area contributed by atoms with Gasteiger partial charge in [-0.05, 0) is 37.0 Å². The minimum Gasteiger partial charge on any atom is -0.328 e. The molecule has 0 aromatic carbocycles. The molecule has 4 atom stereocenters. The summed E-state index contributed by atoms with van der Waals surface area (Å²) in [6, 6.07) is 0.328. The number of hydrogen-bond donors (Lipinski definition) is 1. The summed E-state index contributed by atoms with van der Waals surface area (Å²) in [6.07, 6.45) is 1.31. The predicted molar refractivity (Wildman–Crippen MR) is 60.6 cm³/mol. The van der Waals surface area contributed by atoms with Crippen LogP contribution in [-0.2, 0) is 0 Å². The van der Waals surface area contributed by atoms with Gasteiger partial charge in [-0.25, -0.2) is 0 Å². The van der Waals surface area contributed by atoms with E-state index in [9.17, 15) is 0 Å². The topological polar surface area (TPSA) is 26.0 Å². The summed E-state index contributed by atoms with van der Waals surface area (Å²) in [7, 11) is 0. The first-order valence-corrected chi connectivity index (χ1v) is 5.61. The van der Waals surface area contributed by atoms with E-state index in [1.807, 2.05) is 0 Å². The second kappa shape index (κ2) is 5.64. The maximum Gasteiger partial charge on any atom is 0.00386 e. The standard InChI is InChI=1S/C12H27N/c1-8(2)9(3)7-10(4)11(5)12(6)13/h8-12H,7,13H2,1-6H3. The van der Waals surface area contributed by atoms with E-state index < -0.39 is 0 Å². The molecule has 0 aromatic heterocycles. The van der Waals surface area contributed by atoms with Gasteiger partial charge < -0.3 is 5.73 Å². The average Bonchev–Trinajstić information content (AvgIpc) is 2.02. The molecule has 0 bridgehead atoms. The van der Waals surface area contributed by atoms with Crippen LogP contribution in [0.25, 0.3) is 0 Å². The molecule has 0 saturated carbocycles. The second-order valence-electron chi connectivity index (χ2n) is 5.15. The van der Waals surface area contributed by atoms with Crippen LogP contribution in [-0.4, -0.2) is 6.04 Å². The number of hydrogen-bond acceptors (Lipinski definition) is 1.